The van der Waals surface area contributed by atoms with Gasteiger partial charge in [0, 0.05) is 10.2 Å². The Morgan fingerprint density at radius 1 is 1.05 bits per heavy atom. The van der Waals surface area contributed by atoms with Crippen molar-refractivity contribution in [3.05, 3.63) is 70.2 Å². The van der Waals surface area contributed by atoms with Crippen molar-refractivity contribution in [2.75, 3.05) is 0 Å². The summed E-state index contributed by atoms with van der Waals surface area (Å²) in [5.41, 5.74) is 6.27. The normalized spacial score (nSPS) is 11.2. The summed E-state index contributed by atoms with van der Waals surface area (Å²) in [4.78, 5) is 2.51. The van der Waals surface area contributed by atoms with Gasteiger partial charge in [0.05, 0.1) is 4.90 Å². The van der Waals surface area contributed by atoms with Crippen LogP contribution >= 0.6 is 15.9 Å². The lowest BCUT2D eigenvalue weighted by Crippen LogP contribution is -2.35. The molecule has 2 N–H and O–H groups in total. The molecule has 0 amide bonds. The topological polar surface area (TPSA) is 58.2 Å². The first-order valence-electron chi connectivity index (χ1n) is 6.59. The highest BCUT2D eigenvalue weighted by Crippen LogP contribution is 2.16. The van der Waals surface area contributed by atoms with Crippen LogP contribution < -0.4 is 10.3 Å². The molecule has 0 aliphatic heterocycles. The van der Waals surface area contributed by atoms with Crippen LogP contribution in [0.3, 0.4) is 0 Å². The molecule has 0 heterocycles. The number of hydrogen-bond donors (Lipinski definition) is 2. The standard InChI is InChI=1S/C16H17BrN2O2S/c1-11-4-5-14(10-12(11)2)13(3)18-19-22(20,21)16-8-6-15(17)7-9-16/h4-10,18-19H,3H2,1-2H3. The van der Waals surface area contributed by atoms with E-state index in [0.717, 1.165) is 15.6 Å². The molecule has 0 spiro atoms. The number of sulfonamides is 1. The monoisotopic (exact) mass is 380 g/mol. The van der Waals surface area contributed by atoms with Crippen molar-refractivity contribution in [1.82, 2.24) is 10.3 Å². The molecule has 2 rings (SSSR count). The molecule has 0 aliphatic carbocycles. The largest absolute Gasteiger partial charge is 0.308 e. The minimum absolute atomic E-state index is 0.177. The molecule has 116 valence electrons. The van der Waals surface area contributed by atoms with E-state index in [2.05, 4.69) is 32.8 Å². The Hall–Kier alpha value is -1.63. The number of hydrogen-bond acceptors (Lipinski definition) is 3. The molecule has 6 heteroatoms. The number of rotatable bonds is 5. The van der Waals surface area contributed by atoms with Gasteiger partial charge in [-0.3, -0.25) is 0 Å². The maximum atomic E-state index is 12.2. The minimum Gasteiger partial charge on any atom is -0.308 e. The van der Waals surface area contributed by atoms with E-state index < -0.39 is 10.0 Å². The van der Waals surface area contributed by atoms with Crippen molar-refractivity contribution in [2.45, 2.75) is 18.7 Å². The summed E-state index contributed by atoms with van der Waals surface area (Å²) in [5, 5.41) is 0. The third-order valence-corrected chi connectivity index (χ3v) is 5.11. The molecule has 0 aromatic heterocycles. The van der Waals surface area contributed by atoms with E-state index in [1.54, 1.807) is 12.1 Å². The van der Waals surface area contributed by atoms with E-state index in [1.807, 2.05) is 32.0 Å². The molecule has 2 aromatic rings. The SMILES string of the molecule is C=C(NNS(=O)(=O)c1ccc(Br)cc1)c1ccc(C)c(C)c1. The van der Waals surface area contributed by atoms with Gasteiger partial charge < -0.3 is 5.43 Å². The first-order chi connectivity index (χ1) is 10.3. The number of hydrazine groups is 1. The van der Waals surface area contributed by atoms with Crippen LogP contribution in [0, 0.1) is 13.8 Å². The van der Waals surface area contributed by atoms with E-state index in [4.69, 9.17) is 0 Å². The fourth-order valence-electron chi connectivity index (χ4n) is 1.80. The van der Waals surface area contributed by atoms with Crippen LogP contribution in [0.1, 0.15) is 16.7 Å². The quantitative estimate of drug-likeness (QED) is 0.780. The summed E-state index contributed by atoms with van der Waals surface area (Å²) in [6.45, 7) is 7.88. The molecule has 0 atom stereocenters. The Bertz CT molecular complexity index is 799. The average Bonchev–Trinajstić information content (AvgIpc) is 2.48. The van der Waals surface area contributed by atoms with Crippen LogP contribution in [-0.2, 0) is 10.0 Å². The maximum absolute atomic E-state index is 12.2. The first-order valence-corrected chi connectivity index (χ1v) is 8.87. The highest BCUT2D eigenvalue weighted by atomic mass is 79.9. The number of halogens is 1. The molecular weight excluding hydrogens is 364 g/mol. The maximum Gasteiger partial charge on any atom is 0.257 e. The second-order valence-electron chi connectivity index (χ2n) is 4.96. The van der Waals surface area contributed by atoms with E-state index >= 15 is 0 Å². The van der Waals surface area contributed by atoms with Gasteiger partial charge in [-0.05, 0) is 60.9 Å². The third kappa shape index (κ3) is 3.97. The molecule has 0 aliphatic rings. The lowest BCUT2D eigenvalue weighted by molar-refractivity contribution is 0.576. The zero-order valence-electron chi connectivity index (χ0n) is 12.4. The molecule has 0 unspecified atom stereocenters. The summed E-state index contributed by atoms with van der Waals surface area (Å²) in [7, 11) is -3.64. The third-order valence-electron chi connectivity index (χ3n) is 3.32. The Morgan fingerprint density at radius 3 is 2.27 bits per heavy atom. The van der Waals surface area contributed by atoms with E-state index in [-0.39, 0.29) is 4.90 Å². The lowest BCUT2D eigenvalue weighted by atomic mass is 10.1. The predicted octanol–water partition coefficient (Wildman–Crippen LogP) is 3.52. The average molecular weight is 381 g/mol. The summed E-state index contributed by atoms with van der Waals surface area (Å²) >= 11 is 3.27. The summed E-state index contributed by atoms with van der Waals surface area (Å²) < 4.78 is 25.2. The summed E-state index contributed by atoms with van der Waals surface area (Å²) in [6, 6.07) is 12.2. The fraction of sp³-hybridized carbons (Fsp3) is 0.125. The van der Waals surface area contributed by atoms with Gasteiger partial charge in [0.25, 0.3) is 10.0 Å². The molecule has 0 saturated heterocycles. The zero-order valence-corrected chi connectivity index (χ0v) is 14.8. The van der Waals surface area contributed by atoms with Crippen molar-refractivity contribution in [3.63, 3.8) is 0 Å². The van der Waals surface area contributed by atoms with Crippen LogP contribution in [-0.4, -0.2) is 8.42 Å². The molecule has 22 heavy (non-hydrogen) atoms. The highest BCUT2D eigenvalue weighted by molar-refractivity contribution is 9.10. The van der Waals surface area contributed by atoms with Crippen molar-refractivity contribution in [3.8, 4) is 0 Å². The number of benzene rings is 2. The molecule has 0 bridgehead atoms. The predicted molar refractivity (Wildman–Crippen MR) is 92.5 cm³/mol. The second-order valence-corrected chi connectivity index (χ2v) is 7.56. The molecule has 0 saturated carbocycles. The smallest absolute Gasteiger partial charge is 0.257 e. The van der Waals surface area contributed by atoms with Crippen LogP contribution in [0.2, 0.25) is 0 Å². The van der Waals surface area contributed by atoms with Crippen LogP contribution in [0.25, 0.3) is 5.70 Å². The van der Waals surface area contributed by atoms with Crippen molar-refractivity contribution in [1.29, 1.82) is 0 Å². The Morgan fingerprint density at radius 2 is 1.68 bits per heavy atom. The van der Waals surface area contributed by atoms with Gasteiger partial charge in [0.15, 0.2) is 0 Å². The van der Waals surface area contributed by atoms with Gasteiger partial charge in [0.2, 0.25) is 0 Å². The minimum atomic E-state index is -3.64. The lowest BCUT2D eigenvalue weighted by Gasteiger charge is -2.13. The highest BCUT2D eigenvalue weighted by Gasteiger charge is 2.13. The van der Waals surface area contributed by atoms with Gasteiger partial charge in [-0.25, -0.2) is 8.42 Å². The fourth-order valence-corrected chi connectivity index (χ4v) is 2.94. The van der Waals surface area contributed by atoms with E-state index in [0.29, 0.717) is 5.70 Å². The first kappa shape index (κ1) is 16.7. The molecule has 0 fully saturated rings. The van der Waals surface area contributed by atoms with Crippen molar-refractivity contribution < 1.29 is 8.42 Å². The van der Waals surface area contributed by atoms with Gasteiger partial charge in [-0.2, -0.15) is 0 Å². The van der Waals surface area contributed by atoms with E-state index in [1.165, 1.54) is 17.7 Å². The molecule has 2 aromatic carbocycles. The molecule has 4 nitrogen and oxygen atoms in total. The van der Waals surface area contributed by atoms with Crippen molar-refractivity contribution >= 4 is 31.7 Å². The molecule has 0 radical (unpaired) electrons. The van der Waals surface area contributed by atoms with Crippen LogP contribution in [0.15, 0.2) is 58.4 Å². The second kappa shape index (κ2) is 6.64. The number of nitrogens with one attached hydrogen (secondary N) is 2. The number of aryl methyl sites for hydroxylation is 2. The summed E-state index contributed by atoms with van der Waals surface area (Å²) in [6.07, 6.45) is 0. The molecular formula is C16H17BrN2O2S. The van der Waals surface area contributed by atoms with Gasteiger partial charge in [-0.1, -0.05) is 34.6 Å². The van der Waals surface area contributed by atoms with Crippen molar-refractivity contribution in [2.24, 2.45) is 0 Å². The van der Waals surface area contributed by atoms with Crippen LogP contribution in [0.5, 0.6) is 0 Å². The van der Waals surface area contributed by atoms with E-state index in [9.17, 15) is 8.42 Å². The Balaban J connectivity index is 2.09. The zero-order chi connectivity index (χ0) is 16.3. The Labute approximate surface area is 139 Å². The van der Waals surface area contributed by atoms with Crippen LogP contribution in [0.4, 0.5) is 0 Å². The Kier molecular flexibility index (Phi) is 5.05. The summed E-state index contributed by atoms with van der Waals surface area (Å²) in [5.74, 6) is 0. The van der Waals surface area contributed by atoms with Gasteiger partial charge in [-0.15, -0.1) is 4.83 Å². The van der Waals surface area contributed by atoms with Gasteiger partial charge in [0.1, 0.15) is 0 Å². The van der Waals surface area contributed by atoms with Gasteiger partial charge >= 0.3 is 0 Å².